The van der Waals surface area contributed by atoms with Gasteiger partial charge in [0, 0.05) is 17.6 Å². The Morgan fingerprint density at radius 1 is 1.33 bits per heavy atom. The van der Waals surface area contributed by atoms with Gasteiger partial charge in [-0.15, -0.1) is 0 Å². The molecule has 0 radical (unpaired) electrons. The van der Waals surface area contributed by atoms with Crippen LogP contribution in [0.1, 0.15) is 38.7 Å². The zero-order chi connectivity index (χ0) is 15.5. The zero-order valence-electron chi connectivity index (χ0n) is 12.5. The van der Waals surface area contributed by atoms with Crippen LogP contribution in [0.25, 0.3) is 0 Å². The number of nitrogens with one attached hydrogen (secondary N) is 2. The van der Waals surface area contributed by atoms with Crippen LogP contribution in [-0.2, 0) is 16.6 Å². The van der Waals surface area contributed by atoms with Crippen LogP contribution in [0.15, 0.2) is 23.1 Å². The van der Waals surface area contributed by atoms with Crippen LogP contribution in [0.3, 0.4) is 0 Å². The highest BCUT2D eigenvalue weighted by Crippen LogP contribution is 2.27. The lowest BCUT2D eigenvalue weighted by Gasteiger charge is -2.18. The van der Waals surface area contributed by atoms with E-state index in [0.29, 0.717) is 22.4 Å². The second-order valence-electron chi connectivity index (χ2n) is 5.67. The van der Waals surface area contributed by atoms with Crippen LogP contribution in [0.4, 0.5) is 0 Å². The second kappa shape index (κ2) is 7.09. The SMILES string of the molecule is CCNCc1cc(S(=O)(=O)NC2CCCC2C)ccc1Cl. The first kappa shape index (κ1) is 16.7. The molecular formula is C15H23ClN2O2S. The number of hydrogen-bond donors (Lipinski definition) is 2. The van der Waals surface area contributed by atoms with Gasteiger partial charge in [0.05, 0.1) is 4.90 Å². The number of rotatable bonds is 6. The summed E-state index contributed by atoms with van der Waals surface area (Å²) in [5.74, 6) is 0.397. The Hall–Kier alpha value is -0.620. The van der Waals surface area contributed by atoms with Gasteiger partial charge in [-0.25, -0.2) is 13.1 Å². The third kappa shape index (κ3) is 4.19. The molecule has 0 saturated heterocycles. The van der Waals surface area contributed by atoms with Crippen molar-refractivity contribution in [3.8, 4) is 0 Å². The molecule has 1 aliphatic carbocycles. The van der Waals surface area contributed by atoms with Crippen molar-refractivity contribution in [2.75, 3.05) is 6.54 Å². The lowest BCUT2D eigenvalue weighted by Crippen LogP contribution is -2.36. The van der Waals surface area contributed by atoms with E-state index in [4.69, 9.17) is 11.6 Å². The Bertz CT molecular complexity index is 589. The van der Waals surface area contributed by atoms with Gasteiger partial charge in [0.25, 0.3) is 0 Å². The fourth-order valence-corrected chi connectivity index (χ4v) is 4.32. The molecule has 1 saturated carbocycles. The molecular weight excluding hydrogens is 308 g/mol. The lowest BCUT2D eigenvalue weighted by molar-refractivity contribution is 0.476. The van der Waals surface area contributed by atoms with Crippen LogP contribution in [0, 0.1) is 5.92 Å². The minimum absolute atomic E-state index is 0.0443. The minimum Gasteiger partial charge on any atom is -0.313 e. The van der Waals surface area contributed by atoms with E-state index in [1.165, 1.54) is 0 Å². The molecule has 4 nitrogen and oxygen atoms in total. The molecule has 2 rings (SSSR count). The smallest absolute Gasteiger partial charge is 0.240 e. The van der Waals surface area contributed by atoms with Crippen molar-refractivity contribution >= 4 is 21.6 Å². The van der Waals surface area contributed by atoms with Crippen molar-refractivity contribution in [2.45, 2.75) is 50.6 Å². The Kier molecular flexibility index (Phi) is 5.66. The molecule has 2 atom stereocenters. The average Bonchev–Trinajstić information content (AvgIpc) is 2.82. The normalized spacial score (nSPS) is 22.6. The number of sulfonamides is 1. The molecule has 1 aromatic rings. The topological polar surface area (TPSA) is 58.2 Å². The summed E-state index contributed by atoms with van der Waals surface area (Å²) in [6, 6.07) is 4.93. The lowest BCUT2D eigenvalue weighted by atomic mass is 10.1. The molecule has 0 amide bonds. The van der Waals surface area contributed by atoms with Crippen molar-refractivity contribution in [2.24, 2.45) is 5.92 Å². The third-order valence-electron chi connectivity index (χ3n) is 4.06. The fourth-order valence-electron chi connectivity index (χ4n) is 2.70. The maximum Gasteiger partial charge on any atom is 0.240 e. The van der Waals surface area contributed by atoms with E-state index < -0.39 is 10.0 Å². The van der Waals surface area contributed by atoms with E-state index >= 15 is 0 Å². The molecule has 1 aliphatic rings. The fraction of sp³-hybridized carbons (Fsp3) is 0.600. The largest absolute Gasteiger partial charge is 0.313 e. The van der Waals surface area contributed by atoms with Crippen molar-refractivity contribution in [1.29, 1.82) is 0 Å². The molecule has 2 N–H and O–H groups in total. The summed E-state index contributed by atoms with van der Waals surface area (Å²) >= 11 is 6.12. The number of halogens is 1. The molecule has 1 fully saturated rings. The Balaban J connectivity index is 2.19. The van der Waals surface area contributed by atoms with Crippen LogP contribution in [0.2, 0.25) is 5.02 Å². The Morgan fingerprint density at radius 2 is 2.10 bits per heavy atom. The first-order valence-electron chi connectivity index (χ1n) is 7.45. The predicted molar refractivity (Wildman–Crippen MR) is 86.0 cm³/mol. The first-order chi connectivity index (χ1) is 9.94. The van der Waals surface area contributed by atoms with Crippen LogP contribution >= 0.6 is 11.6 Å². The predicted octanol–water partition coefficient (Wildman–Crippen LogP) is 2.92. The van der Waals surface area contributed by atoms with Gasteiger partial charge in [0.15, 0.2) is 0 Å². The molecule has 0 bridgehead atoms. The summed E-state index contributed by atoms with van der Waals surface area (Å²) in [6.45, 7) is 5.47. The van der Waals surface area contributed by atoms with E-state index in [-0.39, 0.29) is 6.04 Å². The molecule has 118 valence electrons. The Morgan fingerprint density at radius 3 is 2.71 bits per heavy atom. The van der Waals surface area contributed by atoms with Gasteiger partial charge in [-0.1, -0.05) is 31.9 Å². The van der Waals surface area contributed by atoms with Gasteiger partial charge in [-0.3, -0.25) is 0 Å². The molecule has 0 spiro atoms. The summed E-state index contributed by atoms with van der Waals surface area (Å²) in [5.41, 5.74) is 0.806. The summed E-state index contributed by atoms with van der Waals surface area (Å²) in [4.78, 5) is 0.291. The van der Waals surface area contributed by atoms with Gasteiger partial charge in [-0.05, 0) is 49.1 Å². The summed E-state index contributed by atoms with van der Waals surface area (Å²) in [7, 11) is -3.48. The van der Waals surface area contributed by atoms with E-state index in [2.05, 4.69) is 17.0 Å². The summed E-state index contributed by atoms with van der Waals surface area (Å²) in [5, 5.41) is 3.75. The van der Waals surface area contributed by atoms with E-state index in [9.17, 15) is 8.42 Å². The van der Waals surface area contributed by atoms with Crippen LogP contribution in [-0.4, -0.2) is 21.0 Å². The first-order valence-corrected chi connectivity index (χ1v) is 9.31. The standard InChI is InChI=1S/C15H23ClN2O2S/c1-3-17-10-12-9-13(7-8-14(12)16)21(19,20)18-15-6-4-5-11(15)2/h7-9,11,15,17-18H,3-6,10H2,1-2H3. The molecule has 21 heavy (non-hydrogen) atoms. The summed E-state index contributed by atoms with van der Waals surface area (Å²) in [6.07, 6.45) is 3.08. The van der Waals surface area contributed by atoms with Crippen molar-refractivity contribution in [1.82, 2.24) is 10.0 Å². The van der Waals surface area contributed by atoms with Gasteiger partial charge in [-0.2, -0.15) is 0 Å². The molecule has 0 heterocycles. The van der Waals surface area contributed by atoms with E-state index in [0.717, 1.165) is 31.4 Å². The van der Waals surface area contributed by atoms with E-state index in [1.54, 1.807) is 18.2 Å². The average molecular weight is 331 g/mol. The quantitative estimate of drug-likeness (QED) is 0.843. The molecule has 6 heteroatoms. The summed E-state index contributed by atoms with van der Waals surface area (Å²) < 4.78 is 27.8. The third-order valence-corrected chi connectivity index (χ3v) is 5.92. The molecule has 2 unspecified atom stereocenters. The molecule has 0 aromatic heterocycles. The number of benzene rings is 1. The maximum absolute atomic E-state index is 12.5. The highest BCUT2D eigenvalue weighted by molar-refractivity contribution is 7.89. The van der Waals surface area contributed by atoms with Gasteiger partial charge >= 0.3 is 0 Å². The molecule has 0 aliphatic heterocycles. The van der Waals surface area contributed by atoms with Gasteiger partial charge < -0.3 is 5.32 Å². The molecule has 1 aromatic carbocycles. The highest BCUT2D eigenvalue weighted by atomic mass is 35.5. The van der Waals surface area contributed by atoms with Crippen molar-refractivity contribution in [3.63, 3.8) is 0 Å². The maximum atomic E-state index is 12.5. The van der Waals surface area contributed by atoms with Crippen LogP contribution in [0.5, 0.6) is 0 Å². The second-order valence-corrected chi connectivity index (χ2v) is 7.79. The zero-order valence-corrected chi connectivity index (χ0v) is 14.1. The van der Waals surface area contributed by atoms with Gasteiger partial charge in [0.2, 0.25) is 10.0 Å². The minimum atomic E-state index is -3.48. The van der Waals surface area contributed by atoms with Crippen molar-refractivity contribution < 1.29 is 8.42 Å². The van der Waals surface area contributed by atoms with Gasteiger partial charge in [0.1, 0.15) is 0 Å². The highest BCUT2D eigenvalue weighted by Gasteiger charge is 2.28. The monoisotopic (exact) mass is 330 g/mol. The van der Waals surface area contributed by atoms with Crippen molar-refractivity contribution in [3.05, 3.63) is 28.8 Å². The van der Waals surface area contributed by atoms with E-state index in [1.807, 2.05) is 6.92 Å². The van der Waals surface area contributed by atoms with Crippen LogP contribution < -0.4 is 10.0 Å². The Labute approximate surface area is 132 Å². The number of hydrogen-bond acceptors (Lipinski definition) is 3.